The molecule has 0 bridgehead atoms. The summed E-state index contributed by atoms with van der Waals surface area (Å²) in [4.78, 5) is 16.5. The molecule has 0 unspecified atom stereocenters. The average Bonchev–Trinajstić information content (AvgIpc) is 3.13. The van der Waals surface area contributed by atoms with E-state index in [1.807, 2.05) is 65.6 Å². The van der Waals surface area contributed by atoms with Gasteiger partial charge in [0.1, 0.15) is 0 Å². The number of amides is 1. The second-order valence-corrected chi connectivity index (χ2v) is 8.80. The van der Waals surface area contributed by atoms with Crippen molar-refractivity contribution in [2.45, 2.75) is 22.1 Å². The highest BCUT2D eigenvalue weighted by Crippen LogP contribution is 2.39. The number of hydrogen-bond acceptors (Lipinski definition) is 4. The first-order valence-electron chi connectivity index (χ1n) is 9.59. The smallest absolute Gasteiger partial charge is 0.227 e. The van der Waals surface area contributed by atoms with Crippen LogP contribution in [0.3, 0.4) is 0 Å². The van der Waals surface area contributed by atoms with E-state index >= 15 is 0 Å². The Bertz CT molecular complexity index is 1130. The van der Waals surface area contributed by atoms with Crippen molar-refractivity contribution in [1.29, 1.82) is 0 Å². The molecule has 4 N–H and O–H groups in total. The van der Waals surface area contributed by atoms with Crippen LogP contribution in [-0.2, 0) is 4.79 Å². The van der Waals surface area contributed by atoms with Crippen molar-refractivity contribution >= 4 is 46.3 Å². The molecule has 4 nitrogen and oxygen atoms in total. The molecule has 1 aliphatic heterocycles. The van der Waals surface area contributed by atoms with Crippen LogP contribution in [0.2, 0.25) is 5.02 Å². The summed E-state index contributed by atoms with van der Waals surface area (Å²) >= 11 is 7.84. The van der Waals surface area contributed by atoms with Gasteiger partial charge in [-0.25, -0.2) is 0 Å². The molecule has 0 spiro atoms. The van der Waals surface area contributed by atoms with Crippen LogP contribution in [0.5, 0.6) is 0 Å². The van der Waals surface area contributed by atoms with E-state index in [0.29, 0.717) is 29.4 Å². The molecule has 1 fully saturated rings. The second-order valence-electron chi connectivity index (χ2n) is 7.31. The number of rotatable bonds is 5. The average molecular weight is 436 g/mol. The van der Waals surface area contributed by atoms with E-state index in [0.717, 1.165) is 26.6 Å². The summed E-state index contributed by atoms with van der Waals surface area (Å²) in [5, 5.41) is 0.691. The number of halogens is 1. The first-order valence-corrected chi connectivity index (χ1v) is 10.8. The number of nitrogens with two attached hydrogens (primary N) is 2. The van der Waals surface area contributed by atoms with Gasteiger partial charge in [-0.3, -0.25) is 4.79 Å². The van der Waals surface area contributed by atoms with Crippen LogP contribution in [0.4, 0.5) is 11.4 Å². The molecule has 1 aliphatic rings. The summed E-state index contributed by atoms with van der Waals surface area (Å²) in [6.45, 7) is 4.39. The van der Waals surface area contributed by atoms with E-state index in [4.69, 9.17) is 23.1 Å². The van der Waals surface area contributed by atoms with Gasteiger partial charge in [-0.2, -0.15) is 0 Å². The van der Waals surface area contributed by atoms with Gasteiger partial charge in [-0.05, 0) is 47.5 Å². The SMILES string of the molecule is C=C(N)c1cccc(N2C[C@@H](c3ccc(N)c(Sc4ccccc4Cl)c3)CC2=O)c1. The maximum atomic E-state index is 12.8. The molecule has 6 heteroatoms. The summed E-state index contributed by atoms with van der Waals surface area (Å²) in [5.41, 5.74) is 16.0. The molecule has 1 amide bonds. The van der Waals surface area contributed by atoms with Crippen LogP contribution in [-0.4, -0.2) is 12.5 Å². The van der Waals surface area contributed by atoms with E-state index in [9.17, 15) is 4.79 Å². The van der Waals surface area contributed by atoms with Gasteiger partial charge in [0.05, 0.1) is 5.02 Å². The predicted octanol–water partition coefficient (Wildman–Crippen LogP) is 5.52. The third-order valence-corrected chi connectivity index (χ3v) is 6.81. The van der Waals surface area contributed by atoms with Crippen LogP contribution in [0, 0.1) is 0 Å². The van der Waals surface area contributed by atoms with Crippen LogP contribution >= 0.6 is 23.4 Å². The van der Waals surface area contributed by atoms with Crippen molar-refractivity contribution in [2.24, 2.45) is 5.73 Å². The van der Waals surface area contributed by atoms with E-state index in [1.165, 1.54) is 11.8 Å². The van der Waals surface area contributed by atoms with Crippen LogP contribution in [0.1, 0.15) is 23.5 Å². The highest BCUT2D eigenvalue weighted by atomic mass is 35.5. The fourth-order valence-corrected chi connectivity index (χ4v) is 4.77. The third-order valence-electron chi connectivity index (χ3n) is 5.22. The zero-order chi connectivity index (χ0) is 21.3. The van der Waals surface area contributed by atoms with Crippen molar-refractivity contribution in [3.8, 4) is 0 Å². The van der Waals surface area contributed by atoms with E-state index in [1.54, 1.807) is 0 Å². The Labute approximate surface area is 185 Å². The van der Waals surface area contributed by atoms with Gasteiger partial charge in [0.2, 0.25) is 5.91 Å². The maximum Gasteiger partial charge on any atom is 0.227 e. The van der Waals surface area contributed by atoms with Gasteiger partial charge in [-0.15, -0.1) is 0 Å². The Morgan fingerprint density at radius 2 is 1.87 bits per heavy atom. The number of anilines is 2. The lowest BCUT2D eigenvalue weighted by Gasteiger charge is -2.18. The van der Waals surface area contributed by atoms with Crippen molar-refractivity contribution in [1.82, 2.24) is 0 Å². The number of nitrogens with zero attached hydrogens (tertiary/aromatic N) is 1. The summed E-state index contributed by atoms with van der Waals surface area (Å²) in [5.74, 6) is 0.186. The van der Waals surface area contributed by atoms with Gasteiger partial charge in [0, 0.05) is 45.7 Å². The minimum absolute atomic E-state index is 0.0911. The van der Waals surface area contributed by atoms with Crippen molar-refractivity contribution in [2.75, 3.05) is 17.2 Å². The number of benzene rings is 3. The van der Waals surface area contributed by atoms with Gasteiger partial charge < -0.3 is 16.4 Å². The maximum absolute atomic E-state index is 12.8. The summed E-state index contributed by atoms with van der Waals surface area (Å²) in [6, 6.07) is 21.3. The largest absolute Gasteiger partial charge is 0.399 e. The van der Waals surface area contributed by atoms with E-state index < -0.39 is 0 Å². The highest BCUT2D eigenvalue weighted by molar-refractivity contribution is 7.99. The van der Waals surface area contributed by atoms with Gasteiger partial charge in [0.15, 0.2) is 0 Å². The van der Waals surface area contributed by atoms with Gasteiger partial charge in [0.25, 0.3) is 0 Å². The number of nitrogen functional groups attached to an aromatic ring is 1. The lowest BCUT2D eigenvalue weighted by molar-refractivity contribution is -0.117. The topological polar surface area (TPSA) is 72.3 Å². The van der Waals surface area contributed by atoms with Gasteiger partial charge in [-0.1, -0.05) is 60.3 Å². The summed E-state index contributed by atoms with van der Waals surface area (Å²) < 4.78 is 0. The Balaban J connectivity index is 1.58. The minimum atomic E-state index is 0.0911. The van der Waals surface area contributed by atoms with Crippen molar-refractivity contribution in [3.63, 3.8) is 0 Å². The Hall–Kier alpha value is -2.89. The number of hydrogen-bond donors (Lipinski definition) is 2. The molecule has 3 aromatic rings. The summed E-state index contributed by atoms with van der Waals surface area (Å²) in [7, 11) is 0. The minimum Gasteiger partial charge on any atom is -0.399 e. The third kappa shape index (κ3) is 4.18. The molecule has 1 atom stereocenters. The first kappa shape index (κ1) is 20.4. The molecular weight excluding hydrogens is 414 g/mol. The monoisotopic (exact) mass is 435 g/mol. The van der Waals surface area contributed by atoms with E-state index in [2.05, 4.69) is 12.6 Å². The quantitative estimate of drug-likeness (QED) is 0.517. The second kappa shape index (κ2) is 8.46. The molecule has 1 heterocycles. The summed E-state index contributed by atoms with van der Waals surface area (Å²) in [6.07, 6.45) is 0.452. The molecule has 1 saturated heterocycles. The Kier molecular flexibility index (Phi) is 5.75. The highest BCUT2D eigenvalue weighted by Gasteiger charge is 2.32. The first-order chi connectivity index (χ1) is 14.4. The van der Waals surface area contributed by atoms with Crippen molar-refractivity contribution < 1.29 is 4.79 Å². The fraction of sp³-hybridized carbons (Fsp3) is 0.125. The number of carbonyl (C=O) groups is 1. The molecule has 0 aromatic heterocycles. The molecule has 4 rings (SSSR count). The lowest BCUT2D eigenvalue weighted by Crippen LogP contribution is -2.24. The lowest BCUT2D eigenvalue weighted by atomic mass is 9.98. The molecule has 3 aromatic carbocycles. The normalized spacial score (nSPS) is 16.1. The molecule has 152 valence electrons. The van der Waals surface area contributed by atoms with Gasteiger partial charge >= 0.3 is 0 Å². The standard InChI is InChI=1S/C24H22ClN3OS/c1-15(26)16-5-4-6-19(11-16)28-14-18(13-24(28)29)17-9-10-21(27)23(12-17)30-22-8-3-2-7-20(22)25/h2-12,18H,1,13-14,26-27H2/t18-/m0/s1. The van der Waals surface area contributed by atoms with Crippen LogP contribution in [0.15, 0.2) is 83.1 Å². The van der Waals surface area contributed by atoms with Crippen molar-refractivity contribution in [3.05, 3.63) is 89.5 Å². The molecule has 0 radical (unpaired) electrons. The Morgan fingerprint density at radius 1 is 1.07 bits per heavy atom. The van der Waals surface area contributed by atoms with Crippen LogP contribution in [0.25, 0.3) is 5.70 Å². The fourth-order valence-electron chi connectivity index (χ4n) is 3.59. The predicted molar refractivity (Wildman–Crippen MR) is 126 cm³/mol. The molecular formula is C24H22ClN3OS. The van der Waals surface area contributed by atoms with Crippen LogP contribution < -0.4 is 16.4 Å². The molecule has 30 heavy (non-hydrogen) atoms. The zero-order valence-electron chi connectivity index (χ0n) is 16.3. The number of carbonyl (C=O) groups excluding carboxylic acids is 1. The van der Waals surface area contributed by atoms with E-state index in [-0.39, 0.29) is 11.8 Å². The Morgan fingerprint density at radius 3 is 2.63 bits per heavy atom. The zero-order valence-corrected chi connectivity index (χ0v) is 17.9. The molecule has 0 aliphatic carbocycles. The molecule has 0 saturated carbocycles.